The molecule has 1 N–H and O–H groups in total. The Morgan fingerprint density at radius 2 is 1.95 bits per heavy atom. The van der Waals surface area contributed by atoms with Crippen LogP contribution in [0.1, 0.15) is 23.2 Å². The van der Waals surface area contributed by atoms with Crippen molar-refractivity contribution in [1.82, 2.24) is 4.90 Å². The lowest BCUT2D eigenvalue weighted by molar-refractivity contribution is 0.0473. The second-order valence-electron chi connectivity index (χ2n) is 4.74. The quantitative estimate of drug-likeness (QED) is 0.912. The third kappa shape index (κ3) is 3.07. The molecule has 1 unspecified atom stereocenters. The Morgan fingerprint density at radius 1 is 1.35 bits per heavy atom. The van der Waals surface area contributed by atoms with Crippen LogP contribution in [0.5, 0.6) is 11.5 Å². The van der Waals surface area contributed by atoms with E-state index in [4.69, 9.17) is 9.47 Å². The molecule has 0 radical (unpaired) electrons. The van der Waals surface area contributed by atoms with Crippen LogP contribution < -0.4 is 9.47 Å². The summed E-state index contributed by atoms with van der Waals surface area (Å²) in [6.07, 6.45) is 1.13. The minimum Gasteiger partial charge on any atom is -0.495 e. The molecule has 1 aromatic carbocycles. The zero-order chi connectivity index (χ0) is 14.7. The maximum atomic E-state index is 12.5. The zero-order valence-electron chi connectivity index (χ0n) is 11.6. The van der Waals surface area contributed by atoms with E-state index in [1.54, 1.807) is 31.3 Å². The van der Waals surface area contributed by atoms with Crippen molar-refractivity contribution in [3.05, 3.63) is 22.2 Å². The van der Waals surface area contributed by atoms with Gasteiger partial charge < -0.3 is 19.5 Å². The van der Waals surface area contributed by atoms with Gasteiger partial charge in [0.25, 0.3) is 5.91 Å². The average Bonchev–Trinajstić information content (AvgIpc) is 2.46. The van der Waals surface area contributed by atoms with E-state index in [9.17, 15) is 9.90 Å². The van der Waals surface area contributed by atoms with Crippen molar-refractivity contribution < 1.29 is 19.4 Å². The number of nitrogens with zero attached hydrogens (tertiary/aromatic N) is 1. The van der Waals surface area contributed by atoms with Gasteiger partial charge in [0, 0.05) is 18.7 Å². The summed E-state index contributed by atoms with van der Waals surface area (Å²) in [5.41, 5.74) is 0.496. The van der Waals surface area contributed by atoms with Gasteiger partial charge in [-0.25, -0.2) is 0 Å². The minimum absolute atomic E-state index is 0.118. The van der Waals surface area contributed by atoms with Crippen LogP contribution in [0.15, 0.2) is 16.6 Å². The van der Waals surface area contributed by atoms with E-state index < -0.39 is 6.10 Å². The number of hydrogen-bond acceptors (Lipinski definition) is 4. The molecular formula is C14H18BrNO4. The second kappa shape index (κ2) is 6.45. The van der Waals surface area contributed by atoms with Crippen LogP contribution in [0.2, 0.25) is 0 Å². The summed E-state index contributed by atoms with van der Waals surface area (Å²) in [6.45, 7) is 1.04. The maximum Gasteiger partial charge on any atom is 0.254 e. The van der Waals surface area contributed by atoms with Crippen LogP contribution in [0.25, 0.3) is 0 Å². The highest BCUT2D eigenvalue weighted by molar-refractivity contribution is 9.10. The van der Waals surface area contributed by atoms with E-state index >= 15 is 0 Å². The first kappa shape index (κ1) is 15.1. The van der Waals surface area contributed by atoms with Crippen LogP contribution in [-0.2, 0) is 0 Å². The van der Waals surface area contributed by atoms with Crippen molar-refractivity contribution in [2.75, 3.05) is 27.3 Å². The Hall–Kier alpha value is -1.27. The van der Waals surface area contributed by atoms with E-state index in [1.165, 1.54) is 0 Å². The van der Waals surface area contributed by atoms with E-state index in [0.717, 1.165) is 12.8 Å². The summed E-state index contributed by atoms with van der Waals surface area (Å²) in [5, 5.41) is 9.67. The Kier molecular flexibility index (Phi) is 4.88. The number of hydrogen-bond donors (Lipinski definition) is 1. The lowest BCUT2D eigenvalue weighted by Gasteiger charge is -2.30. The number of aliphatic hydroxyl groups is 1. The molecule has 0 saturated carbocycles. The van der Waals surface area contributed by atoms with Gasteiger partial charge in [0.15, 0.2) is 0 Å². The maximum absolute atomic E-state index is 12.5. The number of rotatable bonds is 3. The van der Waals surface area contributed by atoms with Crippen LogP contribution in [0.3, 0.4) is 0 Å². The lowest BCUT2D eigenvalue weighted by Crippen LogP contribution is -2.42. The largest absolute Gasteiger partial charge is 0.495 e. The molecule has 20 heavy (non-hydrogen) atoms. The van der Waals surface area contributed by atoms with Crippen molar-refractivity contribution in [3.63, 3.8) is 0 Å². The highest BCUT2D eigenvalue weighted by Gasteiger charge is 2.24. The number of carbonyl (C=O) groups is 1. The second-order valence-corrected chi connectivity index (χ2v) is 5.53. The highest BCUT2D eigenvalue weighted by Crippen LogP contribution is 2.36. The van der Waals surface area contributed by atoms with Gasteiger partial charge in [0.05, 0.1) is 20.3 Å². The summed E-state index contributed by atoms with van der Waals surface area (Å²) in [6, 6.07) is 3.35. The van der Waals surface area contributed by atoms with Gasteiger partial charge in [-0.1, -0.05) is 0 Å². The van der Waals surface area contributed by atoms with Crippen LogP contribution in [-0.4, -0.2) is 49.3 Å². The molecule has 6 heteroatoms. The Balaban J connectivity index is 2.29. The molecule has 1 heterocycles. The van der Waals surface area contributed by atoms with E-state index in [0.29, 0.717) is 34.6 Å². The van der Waals surface area contributed by atoms with Gasteiger partial charge >= 0.3 is 0 Å². The minimum atomic E-state index is -0.438. The summed E-state index contributed by atoms with van der Waals surface area (Å²) in [7, 11) is 3.08. The normalized spacial score (nSPS) is 18.8. The molecule has 1 aliphatic rings. The summed E-state index contributed by atoms with van der Waals surface area (Å²) in [4.78, 5) is 14.1. The van der Waals surface area contributed by atoms with Crippen molar-refractivity contribution >= 4 is 21.8 Å². The van der Waals surface area contributed by atoms with Crippen LogP contribution >= 0.6 is 15.9 Å². The molecule has 1 aromatic rings. The number of aliphatic hydroxyl groups excluding tert-OH is 1. The fourth-order valence-corrected chi connectivity index (χ4v) is 2.87. The molecule has 0 spiro atoms. The number of piperidine rings is 1. The third-order valence-electron chi connectivity index (χ3n) is 3.38. The summed E-state index contributed by atoms with van der Waals surface area (Å²) in [5.74, 6) is 0.975. The number of amides is 1. The predicted octanol–water partition coefficient (Wildman–Crippen LogP) is 2.06. The highest BCUT2D eigenvalue weighted by atomic mass is 79.9. The monoisotopic (exact) mass is 343 g/mol. The topological polar surface area (TPSA) is 59.0 Å². The van der Waals surface area contributed by atoms with Gasteiger partial charge in [-0.2, -0.15) is 0 Å². The molecule has 1 aliphatic heterocycles. The fourth-order valence-electron chi connectivity index (χ4n) is 2.31. The van der Waals surface area contributed by atoms with Gasteiger partial charge in [-0.3, -0.25) is 4.79 Å². The molecule has 0 aliphatic carbocycles. The number of likely N-dealkylation sites (tertiary alicyclic amines) is 1. The Bertz CT molecular complexity index is 481. The third-order valence-corrected chi connectivity index (χ3v) is 4.16. The number of carbonyl (C=O) groups excluding carboxylic acids is 1. The van der Waals surface area contributed by atoms with Gasteiger partial charge in [0.2, 0.25) is 0 Å². The SMILES string of the molecule is COc1cc(C(=O)N2CCCC(O)C2)cc(OC)c1Br. The molecular weight excluding hydrogens is 326 g/mol. The smallest absolute Gasteiger partial charge is 0.254 e. The Morgan fingerprint density at radius 3 is 2.45 bits per heavy atom. The average molecular weight is 344 g/mol. The molecule has 0 aromatic heterocycles. The molecule has 110 valence electrons. The fraction of sp³-hybridized carbons (Fsp3) is 0.500. The molecule has 1 atom stereocenters. The van der Waals surface area contributed by atoms with Crippen molar-refractivity contribution in [3.8, 4) is 11.5 Å². The molecule has 1 saturated heterocycles. The van der Waals surface area contributed by atoms with Crippen LogP contribution in [0.4, 0.5) is 0 Å². The molecule has 1 fully saturated rings. The van der Waals surface area contributed by atoms with Crippen LogP contribution in [0, 0.1) is 0 Å². The van der Waals surface area contributed by atoms with Crippen molar-refractivity contribution in [1.29, 1.82) is 0 Å². The standard InChI is InChI=1S/C14H18BrNO4/c1-19-11-6-9(7-12(20-2)13(11)15)14(18)16-5-3-4-10(17)8-16/h6-7,10,17H,3-5,8H2,1-2H3. The van der Waals surface area contributed by atoms with E-state index in [1.807, 2.05) is 0 Å². The van der Waals surface area contributed by atoms with E-state index in [-0.39, 0.29) is 5.91 Å². The van der Waals surface area contributed by atoms with Gasteiger partial charge in [-0.05, 0) is 40.9 Å². The molecule has 2 rings (SSSR count). The molecule has 5 nitrogen and oxygen atoms in total. The summed E-state index contributed by atoms with van der Waals surface area (Å²) >= 11 is 3.38. The van der Waals surface area contributed by atoms with Crippen molar-refractivity contribution in [2.45, 2.75) is 18.9 Å². The number of ether oxygens (including phenoxy) is 2. The Labute approximate surface area is 126 Å². The number of halogens is 1. The number of benzene rings is 1. The zero-order valence-corrected chi connectivity index (χ0v) is 13.1. The number of β-amino-alcohol motifs (C(OH)–C–C–N with tert-alkyl or cyclic N) is 1. The summed E-state index contributed by atoms with van der Waals surface area (Å²) < 4.78 is 11.2. The predicted molar refractivity (Wildman–Crippen MR) is 78.4 cm³/mol. The first-order chi connectivity index (χ1) is 9.56. The van der Waals surface area contributed by atoms with Gasteiger partial charge in [0.1, 0.15) is 16.0 Å². The van der Waals surface area contributed by atoms with Gasteiger partial charge in [-0.15, -0.1) is 0 Å². The van der Waals surface area contributed by atoms with Crippen molar-refractivity contribution in [2.24, 2.45) is 0 Å². The number of methoxy groups -OCH3 is 2. The molecule has 0 bridgehead atoms. The lowest BCUT2D eigenvalue weighted by atomic mass is 10.1. The van der Waals surface area contributed by atoms with E-state index in [2.05, 4.69) is 15.9 Å². The first-order valence-electron chi connectivity index (χ1n) is 6.45. The first-order valence-corrected chi connectivity index (χ1v) is 7.25. The molecule has 1 amide bonds.